The number of nitrogens with one attached hydrogen (secondary N) is 1. The van der Waals surface area contributed by atoms with Crippen LogP contribution in [0.4, 0.5) is 0 Å². The number of Topliss-reactive ketones (excluding diaryl/α,β-unsaturated/α-hetero) is 1. The van der Waals surface area contributed by atoms with Crippen molar-refractivity contribution >= 4 is 17.6 Å². The predicted octanol–water partition coefficient (Wildman–Crippen LogP) is 2.84. The Morgan fingerprint density at radius 2 is 1.25 bits per heavy atom. The topological polar surface area (TPSA) is 73.0 Å². The Kier molecular flexibility index (Phi) is 7.40. The lowest BCUT2D eigenvalue weighted by molar-refractivity contribution is -0.151. The van der Waals surface area contributed by atoms with Crippen molar-refractivity contribution in [3.05, 3.63) is 0 Å². The van der Waals surface area contributed by atoms with Gasteiger partial charge in [0.25, 0.3) is 0 Å². The van der Waals surface area contributed by atoms with Gasteiger partial charge in [0.1, 0.15) is 12.1 Å². The van der Waals surface area contributed by atoms with Gasteiger partial charge in [-0.1, -0.05) is 41.5 Å². The van der Waals surface area contributed by atoms with Crippen LogP contribution in [0.5, 0.6) is 0 Å². The molecule has 0 aliphatic carbocycles. The summed E-state index contributed by atoms with van der Waals surface area (Å²) in [5.74, 6) is 0.529. The third-order valence-electron chi connectivity index (χ3n) is 9.15. The Bertz CT molecular complexity index is 733. The van der Waals surface area contributed by atoms with Crippen LogP contribution >= 0.6 is 0 Å². The molecule has 0 aromatic heterocycles. The normalized spacial score (nSPS) is 27.6. The highest BCUT2D eigenvalue weighted by atomic mass is 16.2. The molecule has 7 nitrogen and oxygen atoms in total. The maximum Gasteiger partial charge on any atom is 0.245 e. The van der Waals surface area contributed by atoms with E-state index in [0.29, 0.717) is 25.4 Å². The van der Waals surface area contributed by atoms with Crippen molar-refractivity contribution in [1.82, 2.24) is 20.2 Å². The van der Waals surface area contributed by atoms with Gasteiger partial charge in [0.05, 0.1) is 6.04 Å². The van der Waals surface area contributed by atoms with E-state index in [1.165, 1.54) is 0 Å². The van der Waals surface area contributed by atoms with Gasteiger partial charge in [0.2, 0.25) is 11.8 Å². The summed E-state index contributed by atoms with van der Waals surface area (Å²) < 4.78 is 0. The van der Waals surface area contributed by atoms with Gasteiger partial charge < -0.3 is 9.80 Å². The van der Waals surface area contributed by atoms with E-state index in [-0.39, 0.29) is 35.1 Å². The van der Waals surface area contributed by atoms with Gasteiger partial charge in [0, 0.05) is 25.0 Å². The van der Waals surface area contributed by atoms with Crippen LogP contribution in [0.1, 0.15) is 80.1 Å². The molecule has 0 spiro atoms. The first-order chi connectivity index (χ1) is 14.9. The van der Waals surface area contributed by atoms with Crippen LogP contribution in [0, 0.1) is 16.7 Å². The van der Waals surface area contributed by atoms with Crippen molar-refractivity contribution in [3.8, 4) is 0 Å². The van der Waals surface area contributed by atoms with E-state index in [4.69, 9.17) is 0 Å². The molecule has 0 bridgehead atoms. The van der Waals surface area contributed by atoms with E-state index in [1.807, 2.05) is 25.9 Å². The summed E-state index contributed by atoms with van der Waals surface area (Å²) in [5, 5.41) is 1.99. The number of ketones is 1. The van der Waals surface area contributed by atoms with Gasteiger partial charge in [-0.15, -0.1) is 0 Å². The zero-order valence-electron chi connectivity index (χ0n) is 21.2. The molecule has 3 atom stereocenters. The van der Waals surface area contributed by atoms with Crippen molar-refractivity contribution in [2.75, 3.05) is 26.7 Å². The van der Waals surface area contributed by atoms with Gasteiger partial charge in [-0.25, -0.2) is 5.01 Å². The summed E-state index contributed by atoms with van der Waals surface area (Å²) in [6.07, 6.45) is 4.89. The summed E-state index contributed by atoms with van der Waals surface area (Å²) in [6.45, 7) is 14.8. The minimum absolute atomic E-state index is 0.0288. The Balaban J connectivity index is 1.77. The third kappa shape index (κ3) is 4.23. The fourth-order valence-electron chi connectivity index (χ4n) is 5.72. The zero-order chi connectivity index (χ0) is 23.8. The minimum atomic E-state index is -0.545. The third-order valence-corrected chi connectivity index (χ3v) is 9.15. The van der Waals surface area contributed by atoms with Crippen molar-refractivity contribution < 1.29 is 14.4 Å². The summed E-state index contributed by atoms with van der Waals surface area (Å²) in [4.78, 5) is 44.4. The summed E-state index contributed by atoms with van der Waals surface area (Å²) >= 11 is 0. The van der Waals surface area contributed by atoms with E-state index in [1.54, 1.807) is 9.80 Å². The van der Waals surface area contributed by atoms with Crippen LogP contribution in [0.15, 0.2) is 0 Å². The van der Waals surface area contributed by atoms with Crippen molar-refractivity contribution in [2.45, 2.75) is 98.2 Å². The second kappa shape index (κ2) is 9.41. The number of amides is 2. The number of carbonyl (C=O) groups is 3. The molecule has 1 N–H and O–H groups in total. The van der Waals surface area contributed by atoms with Gasteiger partial charge in [-0.2, -0.15) is 0 Å². The molecular formula is C25H44N4O3. The molecule has 0 saturated carbocycles. The molecule has 3 aliphatic heterocycles. The number of nitrogens with zero attached hydrogens (tertiary/aromatic N) is 3. The number of hydrogen-bond donors (Lipinski definition) is 1. The van der Waals surface area contributed by atoms with Crippen molar-refractivity contribution in [2.24, 2.45) is 16.7 Å². The molecule has 3 fully saturated rings. The highest BCUT2D eigenvalue weighted by molar-refractivity contribution is 5.96. The van der Waals surface area contributed by atoms with E-state index in [2.05, 4.69) is 33.1 Å². The van der Waals surface area contributed by atoms with Crippen molar-refractivity contribution in [3.63, 3.8) is 0 Å². The summed E-state index contributed by atoms with van der Waals surface area (Å²) in [6, 6.07) is -1.01. The molecule has 3 unspecified atom stereocenters. The molecule has 0 radical (unpaired) electrons. The predicted molar refractivity (Wildman–Crippen MR) is 126 cm³/mol. The molecular weight excluding hydrogens is 404 g/mol. The molecule has 3 aliphatic rings. The van der Waals surface area contributed by atoms with Gasteiger partial charge in [0.15, 0.2) is 5.78 Å². The molecule has 3 rings (SSSR count). The average molecular weight is 449 g/mol. The molecule has 32 heavy (non-hydrogen) atoms. The number of likely N-dealkylation sites (tertiary alicyclic amines) is 2. The smallest absolute Gasteiger partial charge is 0.245 e. The second-order valence-corrected chi connectivity index (χ2v) is 11.3. The largest absolute Gasteiger partial charge is 0.331 e. The molecule has 2 amide bonds. The Morgan fingerprint density at radius 3 is 1.81 bits per heavy atom. The number of rotatable bonds is 7. The lowest BCUT2D eigenvalue weighted by Crippen LogP contribution is -2.57. The SMILES string of the molecule is CNN1CCCC1C(=O)N1CCCC1C(=O)N1CCCC1C(=O)C(C)(C)C(C)(C)C(C)C. The summed E-state index contributed by atoms with van der Waals surface area (Å²) in [7, 11) is 1.85. The molecule has 0 aromatic carbocycles. The Morgan fingerprint density at radius 1 is 0.781 bits per heavy atom. The van der Waals surface area contributed by atoms with E-state index < -0.39 is 11.5 Å². The fraction of sp³-hybridized carbons (Fsp3) is 0.880. The van der Waals surface area contributed by atoms with E-state index in [9.17, 15) is 14.4 Å². The van der Waals surface area contributed by atoms with Crippen LogP contribution in [-0.4, -0.2) is 77.2 Å². The monoisotopic (exact) mass is 448 g/mol. The number of hydrazine groups is 1. The molecule has 182 valence electrons. The van der Waals surface area contributed by atoms with Crippen LogP contribution in [-0.2, 0) is 14.4 Å². The quantitative estimate of drug-likeness (QED) is 0.648. The van der Waals surface area contributed by atoms with E-state index >= 15 is 0 Å². The molecule has 0 aromatic rings. The molecule has 3 saturated heterocycles. The maximum absolute atomic E-state index is 13.8. The second-order valence-electron chi connectivity index (χ2n) is 11.3. The van der Waals surface area contributed by atoms with Crippen LogP contribution in [0.25, 0.3) is 0 Å². The molecule has 3 heterocycles. The maximum atomic E-state index is 13.8. The van der Waals surface area contributed by atoms with Gasteiger partial charge in [-0.3, -0.25) is 19.8 Å². The fourth-order valence-corrected chi connectivity index (χ4v) is 5.72. The minimum Gasteiger partial charge on any atom is -0.331 e. The first kappa shape index (κ1) is 25.2. The molecule has 7 heteroatoms. The lowest BCUT2D eigenvalue weighted by Gasteiger charge is -2.46. The lowest BCUT2D eigenvalue weighted by atomic mass is 9.59. The zero-order valence-corrected chi connectivity index (χ0v) is 21.2. The Hall–Kier alpha value is -1.47. The average Bonchev–Trinajstić information content (AvgIpc) is 3.51. The van der Waals surface area contributed by atoms with Crippen LogP contribution in [0.3, 0.4) is 0 Å². The summed E-state index contributed by atoms with van der Waals surface area (Å²) in [5.41, 5.74) is 2.40. The van der Waals surface area contributed by atoms with Gasteiger partial charge >= 0.3 is 0 Å². The Labute approximate surface area is 194 Å². The number of carbonyl (C=O) groups excluding carboxylic acids is 3. The van der Waals surface area contributed by atoms with Crippen molar-refractivity contribution in [1.29, 1.82) is 0 Å². The van der Waals surface area contributed by atoms with Crippen LogP contribution in [0.2, 0.25) is 0 Å². The number of hydrogen-bond acceptors (Lipinski definition) is 5. The van der Waals surface area contributed by atoms with E-state index in [0.717, 1.165) is 38.6 Å². The first-order valence-corrected chi connectivity index (χ1v) is 12.5. The van der Waals surface area contributed by atoms with Gasteiger partial charge in [-0.05, 0) is 56.9 Å². The first-order valence-electron chi connectivity index (χ1n) is 12.5. The highest BCUT2D eigenvalue weighted by Crippen LogP contribution is 2.47. The van der Waals surface area contributed by atoms with Crippen LogP contribution < -0.4 is 5.43 Å². The standard InChI is InChI=1S/C25H44N4O3/c1-17(2)24(3,4)25(5,6)21(30)18-11-8-14-27(18)22(31)19-12-9-15-28(19)23(32)20-13-10-16-29(20)26-7/h17-20,26H,8-16H2,1-7H3. The highest BCUT2D eigenvalue weighted by Gasteiger charge is 2.51.